The van der Waals surface area contributed by atoms with Crippen molar-refractivity contribution in [1.29, 1.82) is 0 Å². The number of Topliss-reactive ketones (excluding diaryl/α,β-unsaturated/α-hetero) is 1. The maximum absolute atomic E-state index is 12.3. The zero-order chi connectivity index (χ0) is 21.2. The van der Waals surface area contributed by atoms with Gasteiger partial charge in [0.2, 0.25) is 0 Å². The maximum Gasteiger partial charge on any atom is 0.311 e. The zero-order valence-electron chi connectivity index (χ0n) is 17.0. The van der Waals surface area contributed by atoms with E-state index in [1.807, 2.05) is 37.3 Å². The Hall–Kier alpha value is -3.15. The maximum atomic E-state index is 12.3. The van der Waals surface area contributed by atoms with E-state index in [9.17, 15) is 14.4 Å². The molecule has 2 rings (SSSR count). The third kappa shape index (κ3) is 6.45. The molecule has 0 aliphatic heterocycles. The molecular weight excluding hydrogens is 372 g/mol. The summed E-state index contributed by atoms with van der Waals surface area (Å²) >= 11 is 0. The molecule has 6 heteroatoms. The molecular formula is C23H26O6. The number of rotatable bonds is 10. The van der Waals surface area contributed by atoms with Gasteiger partial charge >= 0.3 is 11.9 Å². The first-order chi connectivity index (χ1) is 14.0. The molecule has 2 aromatic carbocycles. The molecule has 154 valence electrons. The molecule has 6 nitrogen and oxygen atoms in total. The Labute approximate surface area is 170 Å². The van der Waals surface area contributed by atoms with E-state index in [1.54, 1.807) is 12.1 Å². The predicted octanol–water partition coefficient (Wildman–Crippen LogP) is 4.28. The van der Waals surface area contributed by atoms with E-state index in [0.717, 1.165) is 12.0 Å². The van der Waals surface area contributed by atoms with Gasteiger partial charge in [0.25, 0.3) is 0 Å². The summed E-state index contributed by atoms with van der Waals surface area (Å²) in [7, 11) is 1.26. The van der Waals surface area contributed by atoms with Gasteiger partial charge in [-0.3, -0.25) is 14.4 Å². The monoisotopic (exact) mass is 398 g/mol. The third-order valence-electron chi connectivity index (χ3n) is 4.31. The lowest BCUT2D eigenvalue weighted by atomic mass is 10.0. The summed E-state index contributed by atoms with van der Waals surface area (Å²) in [6.07, 6.45) is 1.13. The normalized spacial score (nSPS) is 10.3. The van der Waals surface area contributed by atoms with Gasteiger partial charge in [-0.05, 0) is 31.0 Å². The van der Waals surface area contributed by atoms with E-state index in [1.165, 1.54) is 14.0 Å². The molecule has 29 heavy (non-hydrogen) atoms. The lowest BCUT2D eigenvalue weighted by Gasteiger charge is -2.18. The molecule has 0 aromatic heterocycles. The van der Waals surface area contributed by atoms with Crippen molar-refractivity contribution in [3.05, 3.63) is 59.2 Å². The summed E-state index contributed by atoms with van der Waals surface area (Å²) in [4.78, 5) is 35.7. The van der Waals surface area contributed by atoms with Crippen LogP contribution in [0.4, 0.5) is 0 Å². The molecule has 0 saturated carbocycles. The summed E-state index contributed by atoms with van der Waals surface area (Å²) < 4.78 is 16.0. The average molecular weight is 398 g/mol. The van der Waals surface area contributed by atoms with E-state index in [2.05, 4.69) is 4.74 Å². The van der Waals surface area contributed by atoms with Crippen LogP contribution in [-0.4, -0.2) is 24.8 Å². The van der Waals surface area contributed by atoms with Crippen LogP contribution in [-0.2, 0) is 27.4 Å². The Bertz CT molecular complexity index is 857. The first-order valence-electron chi connectivity index (χ1n) is 9.57. The molecule has 0 aliphatic rings. The number of esters is 2. The number of carbonyl (C=O) groups is 3. The molecule has 0 heterocycles. The molecule has 0 spiro atoms. The van der Waals surface area contributed by atoms with Gasteiger partial charge in [-0.2, -0.15) is 0 Å². The van der Waals surface area contributed by atoms with Crippen molar-refractivity contribution < 1.29 is 28.6 Å². The fourth-order valence-corrected chi connectivity index (χ4v) is 2.83. The van der Waals surface area contributed by atoms with Gasteiger partial charge in [-0.15, -0.1) is 0 Å². The second kappa shape index (κ2) is 11.0. The molecule has 0 fully saturated rings. The fourth-order valence-electron chi connectivity index (χ4n) is 2.83. The van der Waals surface area contributed by atoms with Crippen molar-refractivity contribution >= 4 is 17.7 Å². The van der Waals surface area contributed by atoms with Crippen molar-refractivity contribution in [2.24, 2.45) is 0 Å². The van der Waals surface area contributed by atoms with Gasteiger partial charge < -0.3 is 14.2 Å². The van der Waals surface area contributed by atoms with Crippen LogP contribution in [0.15, 0.2) is 42.5 Å². The number of ether oxygens (including phenoxy) is 3. The van der Waals surface area contributed by atoms with Crippen molar-refractivity contribution in [3.8, 4) is 11.5 Å². The third-order valence-corrected chi connectivity index (χ3v) is 4.31. The standard InChI is InChI=1S/C23H26O6/c1-4-8-19-20(28-15-17-9-6-5-7-10-17)12-11-18(16(2)24)23(19)29-22(26)14-13-21(25)27-3/h5-7,9-12H,4,8,13-15H2,1-3H3. The Kier molecular flexibility index (Phi) is 8.40. The molecule has 0 saturated heterocycles. The van der Waals surface area contributed by atoms with Gasteiger partial charge in [0.15, 0.2) is 5.78 Å². The predicted molar refractivity (Wildman–Crippen MR) is 108 cm³/mol. The lowest BCUT2D eigenvalue weighted by molar-refractivity contribution is -0.144. The molecule has 0 atom stereocenters. The van der Waals surface area contributed by atoms with E-state index >= 15 is 0 Å². The summed E-state index contributed by atoms with van der Waals surface area (Å²) in [5.74, 6) is -0.540. The Morgan fingerprint density at radius 2 is 1.62 bits per heavy atom. The highest BCUT2D eigenvalue weighted by Crippen LogP contribution is 2.35. The van der Waals surface area contributed by atoms with Gasteiger partial charge in [0.1, 0.15) is 18.1 Å². The van der Waals surface area contributed by atoms with Crippen molar-refractivity contribution in [2.45, 2.75) is 46.1 Å². The largest absolute Gasteiger partial charge is 0.488 e. The van der Waals surface area contributed by atoms with Gasteiger partial charge in [-0.25, -0.2) is 0 Å². The Morgan fingerprint density at radius 1 is 0.931 bits per heavy atom. The molecule has 0 amide bonds. The van der Waals surface area contributed by atoms with Crippen molar-refractivity contribution in [3.63, 3.8) is 0 Å². The van der Waals surface area contributed by atoms with Crippen LogP contribution in [0.5, 0.6) is 11.5 Å². The van der Waals surface area contributed by atoms with Gasteiger partial charge in [-0.1, -0.05) is 43.7 Å². The molecule has 0 N–H and O–H groups in total. The fraction of sp³-hybridized carbons (Fsp3) is 0.348. The van der Waals surface area contributed by atoms with Crippen LogP contribution in [0, 0.1) is 0 Å². The number of benzene rings is 2. The molecule has 0 aliphatic carbocycles. The van der Waals surface area contributed by atoms with E-state index in [-0.39, 0.29) is 24.4 Å². The topological polar surface area (TPSA) is 78.9 Å². The van der Waals surface area contributed by atoms with Crippen LogP contribution >= 0.6 is 0 Å². The Morgan fingerprint density at radius 3 is 2.24 bits per heavy atom. The number of hydrogen-bond donors (Lipinski definition) is 0. The number of ketones is 1. The average Bonchev–Trinajstić information content (AvgIpc) is 2.72. The molecule has 0 radical (unpaired) electrons. The second-order valence-electron chi connectivity index (χ2n) is 6.55. The molecule has 2 aromatic rings. The summed E-state index contributed by atoms with van der Waals surface area (Å²) in [5.41, 5.74) is 1.98. The first kappa shape index (κ1) is 22.1. The second-order valence-corrected chi connectivity index (χ2v) is 6.55. The zero-order valence-corrected chi connectivity index (χ0v) is 17.0. The number of methoxy groups -OCH3 is 1. The SMILES string of the molecule is CCCc1c(OCc2ccccc2)ccc(C(C)=O)c1OC(=O)CCC(=O)OC. The Balaban J connectivity index is 2.30. The van der Waals surface area contributed by atoms with Crippen molar-refractivity contribution in [1.82, 2.24) is 0 Å². The van der Waals surface area contributed by atoms with Crippen LogP contribution < -0.4 is 9.47 Å². The summed E-state index contributed by atoms with van der Waals surface area (Å²) in [6.45, 7) is 3.76. The highest BCUT2D eigenvalue weighted by atomic mass is 16.5. The summed E-state index contributed by atoms with van der Waals surface area (Å²) in [5, 5.41) is 0. The van der Waals surface area contributed by atoms with Crippen LogP contribution in [0.2, 0.25) is 0 Å². The summed E-state index contributed by atoms with van der Waals surface area (Å²) in [6, 6.07) is 13.0. The minimum absolute atomic E-state index is 0.0853. The number of carbonyl (C=O) groups excluding carboxylic acids is 3. The first-order valence-corrected chi connectivity index (χ1v) is 9.57. The highest BCUT2D eigenvalue weighted by molar-refractivity contribution is 5.98. The quantitative estimate of drug-likeness (QED) is 0.338. The van der Waals surface area contributed by atoms with E-state index in [4.69, 9.17) is 9.47 Å². The number of hydrogen-bond acceptors (Lipinski definition) is 6. The lowest BCUT2D eigenvalue weighted by Crippen LogP contribution is -2.15. The van der Waals surface area contributed by atoms with E-state index < -0.39 is 11.9 Å². The highest BCUT2D eigenvalue weighted by Gasteiger charge is 2.21. The molecule has 0 bridgehead atoms. The van der Waals surface area contributed by atoms with Crippen LogP contribution in [0.25, 0.3) is 0 Å². The smallest absolute Gasteiger partial charge is 0.311 e. The van der Waals surface area contributed by atoms with Crippen molar-refractivity contribution in [2.75, 3.05) is 7.11 Å². The molecule has 0 unspecified atom stereocenters. The minimum atomic E-state index is -0.601. The van der Waals surface area contributed by atoms with Gasteiger partial charge in [0.05, 0.1) is 25.5 Å². The van der Waals surface area contributed by atoms with Crippen LogP contribution in [0.3, 0.4) is 0 Å². The minimum Gasteiger partial charge on any atom is -0.488 e. The van der Waals surface area contributed by atoms with Crippen LogP contribution in [0.1, 0.15) is 54.6 Å². The van der Waals surface area contributed by atoms with Gasteiger partial charge in [0, 0.05) is 5.56 Å². The van der Waals surface area contributed by atoms with E-state index in [0.29, 0.717) is 29.9 Å².